The van der Waals surface area contributed by atoms with Gasteiger partial charge in [-0.1, -0.05) is 17.7 Å². The summed E-state index contributed by atoms with van der Waals surface area (Å²) in [7, 11) is 1.90. The van der Waals surface area contributed by atoms with E-state index >= 15 is 0 Å². The summed E-state index contributed by atoms with van der Waals surface area (Å²) < 4.78 is 7.64. The zero-order valence-electron chi connectivity index (χ0n) is 11.8. The van der Waals surface area contributed by atoms with Crippen molar-refractivity contribution >= 4 is 11.6 Å². The molecule has 0 aliphatic carbocycles. The number of aromatic nitrogens is 2. The van der Waals surface area contributed by atoms with E-state index in [2.05, 4.69) is 5.10 Å². The molecule has 0 fully saturated rings. The standard InChI is InChI=1S/C15H20ClN3O/c1-11(17)8-13-14(16)4-3-5-15(13)20-7-6-12-9-18-19(2)10-12/h3-5,9-11H,6-8,17H2,1-2H3. The quantitative estimate of drug-likeness (QED) is 0.890. The molecular formula is C15H20ClN3O. The molecule has 0 saturated carbocycles. The second-order valence-electron chi connectivity index (χ2n) is 5.02. The van der Waals surface area contributed by atoms with Gasteiger partial charge in [-0.3, -0.25) is 4.68 Å². The number of ether oxygens (including phenoxy) is 1. The second kappa shape index (κ2) is 6.77. The number of benzene rings is 1. The lowest BCUT2D eigenvalue weighted by molar-refractivity contribution is 0.318. The number of aryl methyl sites for hydroxylation is 1. The SMILES string of the molecule is CC(N)Cc1c(Cl)cccc1OCCc1cnn(C)c1. The van der Waals surface area contributed by atoms with Gasteiger partial charge in [-0.25, -0.2) is 0 Å². The summed E-state index contributed by atoms with van der Waals surface area (Å²) in [5.74, 6) is 0.818. The van der Waals surface area contributed by atoms with Crippen LogP contribution in [0.4, 0.5) is 0 Å². The Bertz CT molecular complexity index is 566. The van der Waals surface area contributed by atoms with E-state index in [0.29, 0.717) is 18.1 Å². The number of hydrogen-bond donors (Lipinski definition) is 1. The third kappa shape index (κ3) is 3.99. The Morgan fingerprint density at radius 3 is 2.90 bits per heavy atom. The maximum Gasteiger partial charge on any atom is 0.124 e. The predicted molar refractivity (Wildman–Crippen MR) is 81.2 cm³/mol. The molecule has 0 aliphatic heterocycles. The van der Waals surface area contributed by atoms with Gasteiger partial charge >= 0.3 is 0 Å². The molecule has 0 radical (unpaired) electrons. The molecule has 1 unspecified atom stereocenters. The van der Waals surface area contributed by atoms with Crippen molar-refractivity contribution in [1.29, 1.82) is 0 Å². The molecule has 1 aromatic heterocycles. The van der Waals surface area contributed by atoms with E-state index in [1.165, 1.54) is 0 Å². The molecule has 1 atom stereocenters. The Morgan fingerprint density at radius 2 is 2.25 bits per heavy atom. The number of halogens is 1. The van der Waals surface area contributed by atoms with Gasteiger partial charge in [0.25, 0.3) is 0 Å². The number of hydrogen-bond acceptors (Lipinski definition) is 3. The third-order valence-electron chi connectivity index (χ3n) is 3.01. The lowest BCUT2D eigenvalue weighted by Crippen LogP contribution is -2.18. The van der Waals surface area contributed by atoms with Gasteiger partial charge in [-0.15, -0.1) is 0 Å². The van der Waals surface area contributed by atoms with Gasteiger partial charge in [0.05, 0.1) is 12.8 Å². The lowest BCUT2D eigenvalue weighted by atomic mass is 10.1. The second-order valence-corrected chi connectivity index (χ2v) is 5.43. The summed E-state index contributed by atoms with van der Waals surface area (Å²) in [6.07, 6.45) is 5.37. The minimum Gasteiger partial charge on any atom is -0.493 e. The van der Waals surface area contributed by atoms with Crippen molar-refractivity contribution in [2.45, 2.75) is 25.8 Å². The van der Waals surface area contributed by atoms with Crippen LogP contribution in [0.15, 0.2) is 30.6 Å². The molecule has 0 aliphatic rings. The Hall–Kier alpha value is -1.52. The highest BCUT2D eigenvalue weighted by atomic mass is 35.5. The average Bonchev–Trinajstić information content (AvgIpc) is 2.79. The molecule has 20 heavy (non-hydrogen) atoms. The van der Waals surface area contributed by atoms with Crippen molar-refractivity contribution in [3.8, 4) is 5.75 Å². The fraction of sp³-hybridized carbons (Fsp3) is 0.400. The van der Waals surface area contributed by atoms with Crippen LogP contribution in [-0.2, 0) is 19.9 Å². The molecule has 0 bridgehead atoms. The van der Waals surface area contributed by atoms with E-state index in [0.717, 1.165) is 23.3 Å². The van der Waals surface area contributed by atoms with Crippen LogP contribution in [0.3, 0.4) is 0 Å². The molecule has 1 heterocycles. The van der Waals surface area contributed by atoms with E-state index < -0.39 is 0 Å². The molecule has 5 heteroatoms. The summed E-state index contributed by atoms with van der Waals surface area (Å²) in [5.41, 5.74) is 8.00. The average molecular weight is 294 g/mol. The van der Waals surface area contributed by atoms with Crippen LogP contribution in [-0.4, -0.2) is 22.4 Å². The van der Waals surface area contributed by atoms with Gasteiger partial charge in [0.2, 0.25) is 0 Å². The Morgan fingerprint density at radius 1 is 1.45 bits per heavy atom. The van der Waals surface area contributed by atoms with E-state index in [9.17, 15) is 0 Å². The molecular weight excluding hydrogens is 274 g/mol. The van der Waals surface area contributed by atoms with E-state index in [-0.39, 0.29) is 6.04 Å². The highest BCUT2D eigenvalue weighted by molar-refractivity contribution is 6.31. The summed E-state index contributed by atoms with van der Waals surface area (Å²) in [6.45, 7) is 2.56. The number of nitrogens with two attached hydrogens (primary N) is 1. The maximum absolute atomic E-state index is 6.22. The minimum atomic E-state index is 0.0515. The van der Waals surface area contributed by atoms with E-state index in [4.69, 9.17) is 22.1 Å². The summed E-state index contributed by atoms with van der Waals surface area (Å²) in [5, 5.41) is 4.85. The zero-order valence-corrected chi connectivity index (χ0v) is 12.6. The first-order chi connectivity index (χ1) is 9.56. The van der Waals surface area contributed by atoms with Crippen molar-refractivity contribution in [3.63, 3.8) is 0 Å². The highest BCUT2D eigenvalue weighted by Gasteiger charge is 2.10. The molecule has 4 nitrogen and oxygen atoms in total. The summed E-state index contributed by atoms with van der Waals surface area (Å²) in [6, 6.07) is 5.75. The fourth-order valence-electron chi connectivity index (χ4n) is 2.07. The molecule has 0 amide bonds. The summed E-state index contributed by atoms with van der Waals surface area (Å²) >= 11 is 6.22. The first kappa shape index (κ1) is 14.9. The van der Waals surface area contributed by atoms with Crippen LogP contribution >= 0.6 is 11.6 Å². The minimum absolute atomic E-state index is 0.0515. The topological polar surface area (TPSA) is 53.1 Å². The first-order valence-electron chi connectivity index (χ1n) is 6.69. The summed E-state index contributed by atoms with van der Waals surface area (Å²) in [4.78, 5) is 0. The van der Waals surface area contributed by atoms with Gasteiger partial charge in [0.15, 0.2) is 0 Å². The van der Waals surface area contributed by atoms with Crippen LogP contribution in [0.1, 0.15) is 18.1 Å². The monoisotopic (exact) mass is 293 g/mol. The Kier molecular flexibility index (Phi) is 5.04. The third-order valence-corrected chi connectivity index (χ3v) is 3.36. The van der Waals surface area contributed by atoms with Gasteiger partial charge in [-0.2, -0.15) is 5.10 Å². The van der Waals surface area contributed by atoms with Gasteiger partial charge < -0.3 is 10.5 Å². The number of nitrogens with zero attached hydrogens (tertiary/aromatic N) is 2. The van der Waals surface area contributed by atoms with Crippen LogP contribution in [0, 0.1) is 0 Å². The van der Waals surface area contributed by atoms with Crippen LogP contribution in [0.25, 0.3) is 0 Å². The lowest BCUT2D eigenvalue weighted by Gasteiger charge is -2.14. The van der Waals surface area contributed by atoms with Crippen molar-refractivity contribution in [2.75, 3.05) is 6.61 Å². The number of rotatable bonds is 6. The van der Waals surface area contributed by atoms with Crippen LogP contribution < -0.4 is 10.5 Å². The van der Waals surface area contributed by atoms with Crippen LogP contribution in [0.2, 0.25) is 5.02 Å². The van der Waals surface area contributed by atoms with E-state index in [1.807, 2.05) is 44.6 Å². The molecule has 2 aromatic rings. The largest absolute Gasteiger partial charge is 0.493 e. The van der Waals surface area contributed by atoms with Crippen molar-refractivity contribution in [2.24, 2.45) is 12.8 Å². The first-order valence-corrected chi connectivity index (χ1v) is 7.07. The molecule has 108 valence electrons. The van der Waals surface area contributed by atoms with Gasteiger partial charge in [-0.05, 0) is 31.0 Å². The molecule has 2 N–H and O–H groups in total. The molecule has 1 aromatic carbocycles. The van der Waals surface area contributed by atoms with E-state index in [1.54, 1.807) is 4.68 Å². The normalized spacial score (nSPS) is 12.4. The van der Waals surface area contributed by atoms with Gasteiger partial charge in [0, 0.05) is 36.3 Å². The van der Waals surface area contributed by atoms with Gasteiger partial charge in [0.1, 0.15) is 5.75 Å². The maximum atomic E-state index is 6.22. The van der Waals surface area contributed by atoms with Crippen molar-refractivity contribution < 1.29 is 4.74 Å². The molecule has 2 rings (SSSR count). The van der Waals surface area contributed by atoms with Crippen molar-refractivity contribution in [1.82, 2.24) is 9.78 Å². The smallest absolute Gasteiger partial charge is 0.124 e. The predicted octanol–water partition coefficient (Wildman–Crippen LogP) is 2.58. The molecule has 0 saturated heterocycles. The molecule has 0 spiro atoms. The fourth-order valence-corrected chi connectivity index (χ4v) is 2.32. The zero-order chi connectivity index (χ0) is 14.5. The van der Waals surface area contributed by atoms with Crippen molar-refractivity contribution in [3.05, 3.63) is 46.7 Å². The highest BCUT2D eigenvalue weighted by Crippen LogP contribution is 2.27. The Balaban J connectivity index is 2.00. The Labute approximate surface area is 124 Å². The van der Waals surface area contributed by atoms with Crippen LogP contribution in [0.5, 0.6) is 5.75 Å².